The van der Waals surface area contributed by atoms with Crippen LogP contribution >= 0.6 is 15.9 Å². The van der Waals surface area contributed by atoms with Gasteiger partial charge in [0.1, 0.15) is 0 Å². The topological polar surface area (TPSA) is 12.0 Å². The van der Waals surface area contributed by atoms with Crippen molar-refractivity contribution in [3.05, 3.63) is 34.3 Å². The second kappa shape index (κ2) is 7.88. The lowest BCUT2D eigenvalue weighted by Crippen LogP contribution is -2.34. The van der Waals surface area contributed by atoms with Crippen molar-refractivity contribution in [1.82, 2.24) is 5.32 Å². The fourth-order valence-electron chi connectivity index (χ4n) is 2.48. The van der Waals surface area contributed by atoms with Gasteiger partial charge in [0.05, 0.1) is 0 Å². The van der Waals surface area contributed by atoms with Gasteiger partial charge in [0.25, 0.3) is 0 Å². The molecule has 1 aromatic rings. The van der Waals surface area contributed by atoms with Gasteiger partial charge in [0, 0.05) is 10.5 Å². The lowest BCUT2D eigenvalue weighted by atomic mass is 9.87. The van der Waals surface area contributed by atoms with Crippen LogP contribution < -0.4 is 5.32 Å². The molecule has 2 unspecified atom stereocenters. The van der Waals surface area contributed by atoms with E-state index >= 15 is 0 Å². The van der Waals surface area contributed by atoms with Crippen molar-refractivity contribution in [3.63, 3.8) is 0 Å². The third kappa shape index (κ3) is 4.44. The zero-order valence-electron chi connectivity index (χ0n) is 11.2. The van der Waals surface area contributed by atoms with Gasteiger partial charge in [-0.05, 0) is 43.0 Å². The van der Waals surface area contributed by atoms with E-state index in [1.54, 1.807) is 0 Å². The highest BCUT2D eigenvalue weighted by molar-refractivity contribution is 9.10. The molecule has 1 N–H and O–H groups in total. The van der Waals surface area contributed by atoms with E-state index < -0.39 is 0 Å². The first-order valence-corrected chi connectivity index (χ1v) is 7.51. The van der Waals surface area contributed by atoms with Crippen molar-refractivity contribution in [3.8, 4) is 0 Å². The first kappa shape index (κ1) is 14.7. The summed E-state index contributed by atoms with van der Waals surface area (Å²) >= 11 is 3.50. The summed E-state index contributed by atoms with van der Waals surface area (Å²) in [5.74, 6) is 0.628. The molecule has 0 aliphatic rings. The van der Waals surface area contributed by atoms with Crippen LogP contribution in [0.4, 0.5) is 0 Å². The van der Waals surface area contributed by atoms with Gasteiger partial charge in [-0.2, -0.15) is 0 Å². The van der Waals surface area contributed by atoms with E-state index in [-0.39, 0.29) is 0 Å². The minimum Gasteiger partial charge on any atom is -0.314 e. The lowest BCUT2D eigenvalue weighted by molar-refractivity contribution is 0.404. The maximum Gasteiger partial charge on any atom is 0.0175 e. The summed E-state index contributed by atoms with van der Waals surface area (Å²) in [6, 6.07) is 9.40. The highest BCUT2D eigenvalue weighted by atomic mass is 79.9. The summed E-state index contributed by atoms with van der Waals surface area (Å²) < 4.78 is 1.16. The van der Waals surface area contributed by atoms with E-state index in [2.05, 4.69) is 66.3 Å². The van der Waals surface area contributed by atoms with Gasteiger partial charge >= 0.3 is 0 Å². The largest absolute Gasteiger partial charge is 0.314 e. The van der Waals surface area contributed by atoms with Crippen LogP contribution in [0.25, 0.3) is 0 Å². The van der Waals surface area contributed by atoms with Gasteiger partial charge in [-0.15, -0.1) is 0 Å². The van der Waals surface area contributed by atoms with Gasteiger partial charge in [-0.25, -0.2) is 0 Å². The Kier molecular flexibility index (Phi) is 6.83. The average Bonchev–Trinajstić information content (AvgIpc) is 2.33. The first-order chi connectivity index (χ1) is 8.22. The fraction of sp³-hybridized carbons (Fsp3) is 0.600. The molecule has 1 rings (SSSR count). The Labute approximate surface area is 114 Å². The molecule has 2 atom stereocenters. The van der Waals surface area contributed by atoms with E-state index in [9.17, 15) is 0 Å². The lowest BCUT2D eigenvalue weighted by Gasteiger charge is -2.27. The number of hydrogen-bond donors (Lipinski definition) is 1. The van der Waals surface area contributed by atoms with Crippen LogP contribution in [0.5, 0.6) is 0 Å². The van der Waals surface area contributed by atoms with Gasteiger partial charge in [0.15, 0.2) is 0 Å². The van der Waals surface area contributed by atoms with Crippen molar-refractivity contribution in [2.24, 2.45) is 0 Å². The summed E-state index contributed by atoms with van der Waals surface area (Å²) in [6.07, 6.45) is 3.69. The SMILES string of the molecule is CCCC(NCC)C(CC)c1ccc(Br)cc1. The summed E-state index contributed by atoms with van der Waals surface area (Å²) in [5, 5.41) is 3.64. The molecule has 0 bridgehead atoms. The quantitative estimate of drug-likeness (QED) is 0.768. The summed E-state index contributed by atoms with van der Waals surface area (Å²) in [4.78, 5) is 0. The number of benzene rings is 1. The molecule has 0 aromatic heterocycles. The van der Waals surface area contributed by atoms with Crippen LogP contribution in [-0.4, -0.2) is 12.6 Å². The number of hydrogen-bond acceptors (Lipinski definition) is 1. The average molecular weight is 298 g/mol. The van der Waals surface area contributed by atoms with Crippen LogP contribution in [-0.2, 0) is 0 Å². The molecule has 0 fully saturated rings. The molecule has 2 heteroatoms. The van der Waals surface area contributed by atoms with Crippen molar-refractivity contribution in [1.29, 1.82) is 0 Å². The summed E-state index contributed by atoms with van der Waals surface area (Å²) in [6.45, 7) is 7.79. The third-order valence-electron chi connectivity index (χ3n) is 3.29. The normalized spacial score (nSPS) is 14.6. The Morgan fingerprint density at radius 2 is 1.76 bits per heavy atom. The van der Waals surface area contributed by atoms with Gasteiger partial charge in [0.2, 0.25) is 0 Å². The molecule has 0 amide bonds. The monoisotopic (exact) mass is 297 g/mol. The second-order valence-corrected chi connectivity index (χ2v) is 5.43. The number of nitrogens with one attached hydrogen (secondary N) is 1. The smallest absolute Gasteiger partial charge is 0.0175 e. The minimum atomic E-state index is 0.608. The molecule has 0 spiro atoms. The fourth-order valence-corrected chi connectivity index (χ4v) is 2.75. The van der Waals surface area contributed by atoms with Crippen molar-refractivity contribution in [2.75, 3.05) is 6.54 Å². The number of halogens is 1. The van der Waals surface area contributed by atoms with E-state index in [4.69, 9.17) is 0 Å². The maximum atomic E-state index is 3.64. The van der Waals surface area contributed by atoms with E-state index in [0.29, 0.717) is 12.0 Å². The van der Waals surface area contributed by atoms with Crippen molar-refractivity contribution < 1.29 is 0 Å². The first-order valence-electron chi connectivity index (χ1n) is 6.71. The van der Waals surface area contributed by atoms with Crippen LogP contribution in [0.3, 0.4) is 0 Å². The molecule has 0 radical (unpaired) electrons. The van der Waals surface area contributed by atoms with Gasteiger partial charge in [-0.1, -0.05) is 55.3 Å². The predicted molar refractivity (Wildman–Crippen MR) is 79.5 cm³/mol. The van der Waals surface area contributed by atoms with E-state index in [1.165, 1.54) is 24.8 Å². The van der Waals surface area contributed by atoms with Gasteiger partial charge in [-0.3, -0.25) is 0 Å². The Morgan fingerprint density at radius 3 is 2.24 bits per heavy atom. The second-order valence-electron chi connectivity index (χ2n) is 4.52. The van der Waals surface area contributed by atoms with Crippen molar-refractivity contribution >= 4 is 15.9 Å². The Morgan fingerprint density at radius 1 is 1.12 bits per heavy atom. The molecular formula is C15H24BrN. The summed E-state index contributed by atoms with van der Waals surface area (Å²) in [5.41, 5.74) is 1.45. The Balaban J connectivity index is 2.83. The third-order valence-corrected chi connectivity index (χ3v) is 3.82. The Hall–Kier alpha value is -0.340. The van der Waals surface area contributed by atoms with Crippen LogP contribution in [0.15, 0.2) is 28.7 Å². The highest BCUT2D eigenvalue weighted by Crippen LogP contribution is 2.27. The highest BCUT2D eigenvalue weighted by Gasteiger charge is 2.19. The standard InChI is InChI=1S/C15H24BrN/c1-4-7-15(17-6-3)14(5-2)12-8-10-13(16)11-9-12/h8-11,14-15,17H,4-7H2,1-3H3. The predicted octanol–water partition coefficient (Wildman–Crippen LogP) is 4.72. The van der Waals surface area contributed by atoms with E-state index in [0.717, 1.165) is 11.0 Å². The van der Waals surface area contributed by atoms with Crippen molar-refractivity contribution in [2.45, 2.75) is 52.0 Å². The number of rotatable bonds is 7. The van der Waals surface area contributed by atoms with Crippen LogP contribution in [0.1, 0.15) is 51.5 Å². The number of likely N-dealkylation sites (N-methyl/N-ethyl adjacent to an activating group) is 1. The molecule has 0 aliphatic heterocycles. The molecule has 17 heavy (non-hydrogen) atoms. The maximum absolute atomic E-state index is 3.64. The molecule has 1 aromatic carbocycles. The molecule has 0 saturated carbocycles. The van der Waals surface area contributed by atoms with Gasteiger partial charge < -0.3 is 5.32 Å². The molecular weight excluding hydrogens is 274 g/mol. The van der Waals surface area contributed by atoms with E-state index in [1.807, 2.05) is 0 Å². The zero-order valence-corrected chi connectivity index (χ0v) is 12.8. The summed E-state index contributed by atoms with van der Waals surface area (Å²) in [7, 11) is 0. The van der Waals surface area contributed by atoms with Crippen LogP contribution in [0.2, 0.25) is 0 Å². The molecule has 0 saturated heterocycles. The minimum absolute atomic E-state index is 0.608. The molecule has 0 aliphatic carbocycles. The molecule has 0 heterocycles. The Bertz CT molecular complexity index is 301. The molecule has 96 valence electrons. The molecule has 1 nitrogen and oxygen atoms in total. The zero-order chi connectivity index (χ0) is 12.7. The van der Waals surface area contributed by atoms with Crippen LogP contribution in [0, 0.1) is 0 Å².